The van der Waals surface area contributed by atoms with Gasteiger partial charge in [-0.25, -0.2) is 0 Å². The summed E-state index contributed by atoms with van der Waals surface area (Å²) in [6.07, 6.45) is 0. The lowest BCUT2D eigenvalue weighted by atomic mass is 10.8. The molecule has 1 heterocycles. The first-order valence-electron chi connectivity index (χ1n) is 2.48. The third kappa shape index (κ3) is 0.891. The van der Waals surface area contributed by atoms with Crippen molar-refractivity contribution in [1.29, 1.82) is 0 Å². The minimum absolute atomic E-state index is 0.109. The van der Waals surface area contributed by atoms with Gasteiger partial charge in [0.25, 0.3) is 0 Å². The fraction of sp³-hybridized carbons (Fsp3) is 0.600. The predicted octanol–water partition coefficient (Wildman–Crippen LogP) is 0.421. The molecule has 3 heteroatoms. The second-order valence-electron chi connectivity index (χ2n) is 1.99. The average molecular weight is 130 g/mol. The molecule has 0 aromatic carbocycles. The molecule has 46 valence electrons. The quantitative estimate of drug-likeness (QED) is 0.434. The first kappa shape index (κ1) is 6.13. The summed E-state index contributed by atoms with van der Waals surface area (Å²) in [6.45, 7) is 4.55. The molecule has 1 aliphatic heterocycles. The normalized spacial score (nSPS) is 44.0. The van der Waals surface area contributed by atoms with Crippen molar-refractivity contribution < 1.29 is 0 Å². The summed E-state index contributed by atoms with van der Waals surface area (Å²) in [7, 11) is 2.00. The molecule has 0 aliphatic carbocycles. The van der Waals surface area contributed by atoms with Crippen LogP contribution < -0.4 is 5.73 Å². The Hall–Kier alpha value is 0.01000. The predicted molar refractivity (Wildman–Crippen MR) is 37.3 cm³/mol. The molecule has 0 saturated carbocycles. The van der Waals surface area contributed by atoms with E-state index in [-0.39, 0.29) is 4.99 Å². The molecule has 2 N–H and O–H groups in total. The summed E-state index contributed by atoms with van der Waals surface area (Å²) in [5.74, 6) is 0. The van der Waals surface area contributed by atoms with Crippen LogP contribution in [0.25, 0.3) is 0 Å². The average Bonchev–Trinajstić information content (AvgIpc) is 2.16. The fourth-order valence-electron chi connectivity index (χ4n) is 0.576. The molecule has 2 atom stereocenters. The van der Waals surface area contributed by atoms with E-state index in [1.54, 1.807) is 17.2 Å². The van der Waals surface area contributed by atoms with Gasteiger partial charge in [-0.1, -0.05) is 18.3 Å². The molecule has 0 amide bonds. The van der Waals surface area contributed by atoms with Crippen LogP contribution in [0.1, 0.15) is 0 Å². The van der Waals surface area contributed by atoms with E-state index in [1.165, 1.54) is 0 Å². The first-order valence-corrected chi connectivity index (χ1v) is 3.36. The van der Waals surface area contributed by atoms with Crippen molar-refractivity contribution in [2.24, 2.45) is 5.73 Å². The van der Waals surface area contributed by atoms with Crippen LogP contribution in [-0.4, -0.2) is 23.5 Å². The van der Waals surface area contributed by atoms with E-state index in [9.17, 15) is 0 Å². The van der Waals surface area contributed by atoms with Crippen LogP contribution in [0.3, 0.4) is 0 Å². The van der Waals surface area contributed by atoms with Crippen LogP contribution >= 0.6 is 11.8 Å². The zero-order valence-electron chi connectivity index (χ0n) is 4.92. The molecule has 1 aliphatic rings. The van der Waals surface area contributed by atoms with Gasteiger partial charge in [0.1, 0.15) is 4.99 Å². The number of thioether (sulfide) groups is 1. The second kappa shape index (κ2) is 1.76. The van der Waals surface area contributed by atoms with Crippen LogP contribution in [0, 0.1) is 0 Å². The molecule has 2 nitrogen and oxygen atoms in total. The first-order chi connectivity index (χ1) is 3.69. The molecular weight excluding hydrogens is 120 g/mol. The van der Waals surface area contributed by atoms with Crippen LogP contribution in [0.5, 0.6) is 0 Å². The Kier molecular flexibility index (Phi) is 1.35. The number of hydrogen-bond donors (Lipinski definition) is 1. The summed E-state index contributed by atoms with van der Waals surface area (Å²) >= 11 is 1.58. The van der Waals surface area contributed by atoms with E-state index in [2.05, 4.69) is 11.5 Å². The van der Waals surface area contributed by atoms with E-state index < -0.39 is 0 Å². The zero-order valence-corrected chi connectivity index (χ0v) is 5.74. The van der Waals surface area contributed by atoms with Crippen molar-refractivity contribution in [3.8, 4) is 0 Å². The lowest BCUT2D eigenvalue weighted by Gasteiger charge is -2.02. The standard InChI is InChI=1S/C5H10N2S/c1-3-8-5(6)4-7(5)2/h3H,1,4,6H2,2H3. The molecule has 8 heavy (non-hydrogen) atoms. The van der Waals surface area contributed by atoms with Gasteiger partial charge in [-0.05, 0) is 12.5 Å². The van der Waals surface area contributed by atoms with Crippen LogP contribution in [0.15, 0.2) is 12.0 Å². The number of nitrogens with two attached hydrogens (primary N) is 1. The van der Waals surface area contributed by atoms with Gasteiger partial charge in [0, 0.05) is 6.54 Å². The minimum Gasteiger partial charge on any atom is -0.303 e. The van der Waals surface area contributed by atoms with Crippen molar-refractivity contribution in [2.45, 2.75) is 4.99 Å². The molecule has 1 rings (SSSR count). The van der Waals surface area contributed by atoms with Gasteiger partial charge in [-0.15, -0.1) is 0 Å². The Morgan fingerprint density at radius 1 is 2.00 bits per heavy atom. The summed E-state index contributed by atoms with van der Waals surface area (Å²) in [6, 6.07) is 0. The Morgan fingerprint density at radius 2 is 2.50 bits per heavy atom. The van der Waals surface area contributed by atoms with Crippen LogP contribution in [0.4, 0.5) is 0 Å². The molecule has 0 radical (unpaired) electrons. The molecule has 2 unspecified atom stereocenters. The summed E-state index contributed by atoms with van der Waals surface area (Å²) < 4.78 is 0. The highest BCUT2D eigenvalue weighted by Crippen LogP contribution is 2.35. The highest BCUT2D eigenvalue weighted by atomic mass is 32.2. The second-order valence-corrected chi connectivity index (χ2v) is 3.26. The highest BCUT2D eigenvalue weighted by molar-refractivity contribution is 8.03. The zero-order chi connectivity index (χ0) is 6.20. The maximum absolute atomic E-state index is 5.72. The smallest absolute Gasteiger partial charge is 0.134 e. The maximum Gasteiger partial charge on any atom is 0.134 e. The lowest BCUT2D eigenvalue weighted by molar-refractivity contribution is 0.598. The van der Waals surface area contributed by atoms with E-state index in [0.29, 0.717) is 0 Å². The number of rotatable bonds is 2. The molecule has 0 aromatic rings. The largest absolute Gasteiger partial charge is 0.303 e. The molecule has 0 bridgehead atoms. The van der Waals surface area contributed by atoms with Gasteiger partial charge in [0.2, 0.25) is 0 Å². The van der Waals surface area contributed by atoms with Crippen LogP contribution in [-0.2, 0) is 0 Å². The van der Waals surface area contributed by atoms with Crippen molar-refractivity contribution >= 4 is 11.8 Å². The number of likely N-dealkylation sites (N-methyl/N-ethyl adjacent to an activating group) is 1. The Morgan fingerprint density at radius 3 is 2.62 bits per heavy atom. The third-order valence-corrected chi connectivity index (χ3v) is 2.31. The summed E-state index contributed by atoms with van der Waals surface area (Å²) in [5.41, 5.74) is 5.72. The molecule has 1 fully saturated rings. The van der Waals surface area contributed by atoms with Crippen molar-refractivity contribution in [3.05, 3.63) is 12.0 Å². The Bertz CT molecular complexity index is 115. The summed E-state index contributed by atoms with van der Waals surface area (Å²) in [5, 5.41) is 1.78. The number of hydrogen-bond acceptors (Lipinski definition) is 3. The van der Waals surface area contributed by atoms with Gasteiger partial charge in [-0.3, -0.25) is 4.90 Å². The third-order valence-electron chi connectivity index (χ3n) is 1.29. The monoisotopic (exact) mass is 130 g/mol. The lowest BCUT2D eigenvalue weighted by Crippen LogP contribution is -2.22. The molecule has 0 aromatic heterocycles. The van der Waals surface area contributed by atoms with Gasteiger partial charge < -0.3 is 5.73 Å². The van der Waals surface area contributed by atoms with E-state index in [4.69, 9.17) is 5.73 Å². The van der Waals surface area contributed by atoms with Crippen molar-refractivity contribution in [2.75, 3.05) is 13.6 Å². The Labute approximate surface area is 53.7 Å². The number of nitrogens with zero attached hydrogens (tertiary/aromatic N) is 1. The minimum atomic E-state index is -0.109. The molecule has 1 saturated heterocycles. The van der Waals surface area contributed by atoms with Gasteiger partial charge in [0.05, 0.1) is 0 Å². The van der Waals surface area contributed by atoms with E-state index in [1.807, 2.05) is 7.05 Å². The van der Waals surface area contributed by atoms with Gasteiger partial charge >= 0.3 is 0 Å². The fourth-order valence-corrected chi connectivity index (χ4v) is 1.31. The van der Waals surface area contributed by atoms with Crippen molar-refractivity contribution in [3.63, 3.8) is 0 Å². The van der Waals surface area contributed by atoms with Gasteiger partial charge in [0.15, 0.2) is 0 Å². The Balaban J connectivity index is 2.35. The topological polar surface area (TPSA) is 29.0 Å². The molecular formula is C5H10N2S. The summed E-state index contributed by atoms with van der Waals surface area (Å²) in [4.78, 5) is 1.96. The van der Waals surface area contributed by atoms with E-state index >= 15 is 0 Å². The van der Waals surface area contributed by atoms with Gasteiger partial charge in [-0.2, -0.15) is 0 Å². The van der Waals surface area contributed by atoms with Crippen LogP contribution in [0.2, 0.25) is 0 Å². The maximum atomic E-state index is 5.72. The van der Waals surface area contributed by atoms with Crippen molar-refractivity contribution in [1.82, 2.24) is 4.90 Å². The highest BCUT2D eigenvalue weighted by Gasteiger charge is 2.45. The van der Waals surface area contributed by atoms with E-state index in [0.717, 1.165) is 6.54 Å². The SMILES string of the molecule is C=CSC1(N)CN1C. The molecule has 0 spiro atoms.